The number of hydrogen-bond donors (Lipinski definition) is 0. The Balaban J connectivity index is 2.63. The van der Waals surface area contributed by atoms with Crippen LogP contribution in [0.2, 0.25) is 5.54 Å². The first-order chi connectivity index (χ1) is 8.16. The van der Waals surface area contributed by atoms with Crippen LogP contribution in [0.4, 0.5) is 0 Å². The number of hydrogen-bond acceptors (Lipinski definition) is 1. The van der Waals surface area contributed by atoms with Crippen molar-refractivity contribution in [1.29, 1.82) is 0 Å². The van der Waals surface area contributed by atoms with Gasteiger partial charge in [-0.25, -0.2) is 0 Å². The second kappa shape index (κ2) is 7.67. The third-order valence-electron chi connectivity index (χ3n) is 3.06. The molecule has 2 heteroatoms. The fourth-order valence-electron chi connectivity index (χ4n) is 2.03. The van der Waals surface area contributed by atoms with Gasteiger partial charge >= 0.3 is 0 Å². The maximum absolute atomic E-state index is 6.16. The van der Waals surface area contributed by atoms with E-state index in [1.165, 1.54) is 18.4 Å². The molecule has 0 saturated heterocycles. The maximum Gasteiger partial charge on any atom is 0.221 e. The summed E-state index contributed by atoms with van der Waals surface area (Å²) in [7, 11) is -0.764. The summed E-state index contributed by atoms with van der Waals surface area (Å²) in [5, 5.41) is 0. The van der Waals surface area contributed by atoms with Gasteiger partial charge in [0.05, 0.1) is 0 Å². The van der Waals surface area contributed by atoms with E-state index >= 15 is 0 Å². The lowest BCUT2D eigenvalue weighted by Crippen LogP contribution is -2.29. The van der Waals surface area contributed by atoms with Gasteiger partial charge in [0.1, 0.15) is 0 Å². The van der Waals surface area contributed by atoms with E-state index in [4.69, 9.17) is 4.43 Å². The molecular weight excluding hydrogens is 224 g/mol. The molecule has 0 aliphatic heterocycles. The molecule has 0 spiro atoms. The topological polar surface area (TPSA) is 9.23 Å². The number of benzene rings is 1. The van der Waals surface area contributed by atoms with Crippen molar-refractivity contribution in [3.63, 3.8) is 0 Å². The van der Waals surface area contributed by atoms with Crippen molar-refractivity contribution >= 4 is 9.04 Å². The number of rotatable bonds is 7. The molecule has 0 amide bonds. The summed E-state index contributed by atoms with van der Waals surface area (Å²) >= 11 is 0. The average molecular weight is 249 g/mol. The first-order valence-corrected chi connectivity index (χ1v) is 8.27. The van der Waals surface area contributed by atoms with Crippen LogP contribution in [-0.2, 0) is 4.43 Å². The van der Waals surface area contributed by atoms with Crippen molar-refractivity contribution in [1.82, 2.24) is 0 Å². The van der Waals surface area contributed by atoms with E-state index < -0.39 is 9.04 Å². The lowest BCUT2D eigenvalue weighted by molar-refractivity contribution is 0.299. The van der Waals surface area contributed by atoms with E-state index in [2.05, 4.69) is 58.0 Å². The van der Waals surface area contributed by atoms with Crippen LogP contribution in [0.3, 0.4) is 0 Å². The Kier molecular flexibility index (Phi) is 6.52. The standard InChI is InChI=1S/C15H25OSi/c1-5-6-12-16-17(13(2)3)14(4)15-10-8-7-9-11-15/h7-11,13-14H,5-6,12H2,1-4H3. The van der Waals surface area contributed by atoms with Crippen LogP contribution in [0, 0.1) is 0 Å². The Morgan fingerprint density at radius 2 is 1.76 bits per heavy atom. The van der Waals surface area contributed by atoms with Crippen LogP contribution >= 0.6 is 0 Å². The fraction of sp³-hybridized carbons (Fsp3) is 0.600. The van der Waals surface area contributed by atoms with Crippen molar-refractivity contribution in [2.75, 3.05) is 6.61 Å². The van der Waals surface area contributed by atoms with E-state index in [1.54, 1.807) is 0 Å². The third kappa shape index (κ3) is 4.64. The molecule has 1 aromatic carbocycles. The highest BCUT2D eigenvalue weighted by Gasteiger charge is 2.26. The molecule has 1 unspecified atom stereocenters. The van der Waals surface area contributed by atoms with Gasteiger partial charge in [-0.3, -0.25) is 0 Å². The Bertz CT molecular complexity index is 297. The van der Waals surface area contributed by atoms with Crippen LogP contribution in [-0.4, -0.2) is 15.6 Å². The fourth-order valence-corrected chi connectivity index (χ4v) is 4.52. The monoisotopic (exact) mass is 249 g/mol. The molecule has 0 N–H and O–H groups in total. The van der Waals surface area contributed by atoms with Crippen molar-refractivity contribution in [3.05, 3.63) is 35.9 Å². The van der Waals surface area contributed by atoms with E-state index in [9.17, 15) is 0 Å². The molecule has 0 fully saturated rings. The van der Waals surface area contributed by atoms with Gasteiger partial charge in [0.15, 0.2) is 0 Å². The van der Waals surface area contributed by atoms with Crippen molar-refractivity contribution in [3.8, 4) is 0 Å². The molecule has 95 valence electrons. The average Bonchev–Trinajstić information content (AvgIpc) is 2.34. The van der Waals surface area contributed by atoms with Gasteiger partial charge in [-0.15, -0.1) is 0 Å². The minimum absolute atomic E-state index is 0.568. The Morgan fingerprint density at radius 1 is 1.12 bits per heavy atom. The molecule has 0 heterocycles. The zero-order chi connectivity index (χ0) is 12.7. The summed E-state index contributed by atoms with van der Waals surface area (Å²) in [6.45, 7) is 10.0. The highest BCUT2D eigenvalue weighted by atomic mass is 28.3. The molecule has 1 atom stereocenters. The van der Waals surface area contributed by atoms with E-state index in [0.29, 0.717) is 11.1 Å². The molecule has 0 aromatic heterocycles. The first kappa shape index (κ1) is 14.5. The molecular formula is C15H25OSi. The summed E-state index contributed by atoms with van der Waals surface area (Å²) in [6, 6.07) is 10.8. The second-order valence-electron chi connectivity index (χ2n) is 4.89. The Morgan fingerprint density at radius 3 is 2.29 bits per heavy atom. The van der Waals surface area contributed by atoms with Gasteiger partial charge in [-0.1, -0.05) is 64.4 Å². The SMILES string of the molecule is CCCCO[Si](C(C)C)C(C)c1ccccc1. The van der Waals surface area contributed by atoms with Crippen LogP contribution in [0.25, 0.3) is 0 Å². The van der Waals surface area contributed by atoms with Crippen molar-refractivity contribution in [2.45, 2.75) is 51.6 Å². The summed E-state index contributed by atoms with van der Waals surface area (Å²) in [5.74, 6) is 0. The van der Waals surface area contributed by atoms with Gasteiger partial charge in [0.25, 0.3) is 0 Å². The van der Waals surface area contributed by atoms with Gasteiger partial charge in [0.2, 0.25) is 9.04 Å². The predicted molar refractivity (Wildman–Crippen MR) is 76.6 cm³/mol. The second-order valence-corrected chi connectivity index (χ2v) is 8.01. The maximum atomic E-state index is 6.16. The third-order valence-corrected chi connectivity index (χ3v) is 5.92. The van der Waals surface area contributed by atoms with Gasteiger partial charge in [-0.05, 0) is 17.5 Å². The van der Waals surface area contributed by atoms with Crippen molar-refractivity contribution in [2.24, 2.45) is 0 Å². The first-order valence-electron chi connectivity index (χ1n) is 6.71. The lowest BCUT2D eigenvalue weighted by Gasteiger charge is -2.25. The van der Waals surface area contributed by atoms with E-state index in [1.807, 2.05) is 0 Å². The summed E-state index contributed by atoms with van der Waals surface area (Å²) in [6.07, 6.45) is 2.40. The minimum atomic E-state index is -0.764. The molecule has 1 nitrogen and oxygen atoms in total. The Hall–Kier alpha value is -0.603. The summed E-state index contributed by atoms with van der Waals surface area (Å²) < 4.78 is 6.16. The zero-order valence-corrected chi connectivity index (χ0v) is 12.6. The lowest BCUT2D eigenvalue weighted by atomic mass is 10.2. The largest absolute Gasteiger partial charge is 0.416 e. The van der Waals surface area contributed by atoms with E-state index in [0.717, 1.165) is 6.61 Å². The van der Waals surface area contributed by atoms with Crippen LogP contribution < -0.4 is 0 Å². The zero-order valence-electron chi connectivity index (χ0n) is 11.6. The van der Waals surface area contributed by atoms with Gasteiger partial charge in [0, 0.05) is 12.1 Å². The smallest absolute Gasteiger partial charge is 0.221 e. The molecule has 0 aliphatic carbocycles. The van der Waals surface area contributed by atoms with Gasteiger partial charge in [-0.2, -0.15) is 0 Å². The van der Waals surface area contributed by atoms with E-state index in [-0.39, 0.29) is 0 Å². The molecule has 17 heavy (non-hydrogen) atoms. The van der Waals surface area contributed by atoms with Gasteiger partial charge < -0.3 is 4.43 Å². The molecule has 0 aliphatic rings. The number of unbranched alkanes of at least 4 members (excludes halogenated alkanes) is 1. The molecule has 1 radical (unpaired) electrons. The van der Waals surface area contributed by atoms with Crippen molar-refractivity contribution < 1.29 is 4.43 Å². The normalized spacial score (nSPS) is 13.3. The highest BCUT2D eigenvalue weighted by molar-refractivity contribution is 6.55. The molecule has 1 rings (SSSR count). The van der Waals surface area contributed by atoms with Crippen LogP contribution in [0.5, 0.6) is 0 Å². The molecule has 1 aromatic rings. The van der Waals surface area contributed by atoms with Crippen LogP contribution in [0.15, 0.2) is 30.3 Å². The predicted octanol–water partition coefficient (Wildman–Crippen LogP) is 4.55. The molecule has 0 saturated carbocycles. The Labute approximate surface area is 108 Å². The van der Waals surface area contributed by atoms with Crippen LogP contribution in [0.1, 0.15) is 51.6 Å². The minimum Gasteiger partial charge on any atom is -0.416 e. The summed E-state index contributed by atoms with van der Waals surface area (Å²) in [5.41, 5.74) is 2.65. The highest BCUT2D eigenvalue weighted by Crippen LogP contribution is 2.26. The summed E-state index contributed by atoms with van der Waals surface area (Å²) in [4.78, 5) is 0. The molecule has 0 bridgehead atoms. The quantitative estimate of drug-likeness (QED) is 0.509.